The molecule has 0 aliphatic carbocycles. The van der Waals surface area contributed by atoms with Crippen molar-refractivity contribution < 1.29 is 9.26 Å². The van der Waals surface area contributed by atoms with Crippen molar-refractivity contribution in [3.05, 3.63) is 27.7 Å². The number of aryl methyl sites for hydroxylation is 1. The number of anilines is 1. The second-order valence-corrected chi connectivity index (χ2v) is 4.62. The summed E-state index contributed by atoms with van der Waals surface area (Å²) in [6.07, 6.45) is 0. The van der Waals surface area contributed by atoms with E-state index in [2.05, 4.69) is 21.1 Å². The van der Waals surface area contributed by atoms with Crippen molar-refractivity contribution >= 4 is 21.8 Å². The van der Waals surface area contributed by atoms with E-state index in [9.17, 15) is 0 Å². The van der Waals surface area contributed by atoms with Crippen LogP contribution in [0.25, 0.3) is 11.3 Å². The first-order valence-electron chi connectivity index (χ1n) is 5.11. The first-order valence-corrected chi connectivity index (χ1v) is 5.90. The van der Waals surface area contributed by atoms with Crippen molar-refractivity contribution in [2.24, 2.45) is 0 Å². The van der Waals surface area contributed by atoms with Crippen LogP contribution in [-0.4, -0.2) is 12.3 Å². The lowest BCUT2D eigenvalue weighted by Crippen LogP contribution is -1.94. The number of hydrogen-bond acceptors (Lipinski definition) is 4. The van der Waals surface area contributed by atoms with Gasteiger partial charge in [-0.3, -0.25) is 0 Å². The molecule has 0 unspecified atom stereocenters. The van der Waals surface area contributed by atoms with Crippen LogP contribution in [0.2, 0.25) is 0 Å². The van der Waals surface area contributed by atoms with Crippen LogP contribution in [0.3, 0.4) is 0 Å². The molecule has 0 aliphatic rings. The molecule has 0 aliphatic heterocycles. The van der Waals surface area contributed by atoms with Crippen molar-refractivity contribution in [2.45, 2.75) is 13.8 Å². The smallest absolute Gasteiger partial charge is 0.222 e. The van der Waals surface area contributed by atoms with E-state index in [1.807, 2.05) is 19.9 Å². The summed E-state index contributed by atoms with van der Waals surface area (Å²) < 4.78 is 11.1. The lowest BCUT2D eigenvalue weighted by Gasteiger charge is -2.12. The first kappa shape index (κ1) is 12.0. The minimum Gasteiger partial charge on any atom is -0.496 e. The maximum atomic E-state index is 5.54. The van der Waals surface area contributed by atoms with Gasteiger partial charge < -0.3 is 15.0 Å². The van der Waals surface area contributed by atoms with Crippen LogP contribution < -0.4 is 10.5 Å². The van der Waals surface area contributed by atoms with Crippen molar-refractivity contribution in [1.82, 2.24) is 5.16 Å². The van der Waals surface area contributed by atoms with Crippen LogP contribution in [0.5, 0.6) is 5.75 Å². The average molecular weight is 297 g/mol. The highest BCUT2D eigenvalue weighted by molar-refractivity contribution is 9.10. The van der Waals surface area contributed by atoms with Gasteiger partial charge >= 0.3 is 0 Å². The molecule has 17 heavy (non-hydrogen) atoms. The number of nitrogen functional groups attached to an aromatic ring is 1. The first-order chi connectivity index (χ1) is 8.04. The summed E-state index contributed by atoms with van der Waals surface area (Å²) in [6.45, 7) is 4.00. The van der Waals surface area contributed by atoms with E-state index in [-0.39, 0.29) is 0 Å². The molecule has 2 aromatic rings. The number of hydrogen-bond donors (Lipinski definition) is 1. The zero-order valence-electron chi connectivity index (χ0n) is 9.87. The molecule has 0 saturated carbocycles. The van der Waals surface area contributed by atoms with E-state index in [4.69, 9.17) is 15.0 Å². The maximum absolute atomic E-state index is 5.54. The maximum Gasteiger partial charge on any atom is 0.222 e. The molecule has 0 spiro atoms. The summed E-state index contributed by atoms with van der Waals surface area (Å²) >= 11 is 3.51. The van der Waals surface area contributed by atoms with Crippen LogP contribution in [0.1, 0.15) is 11.1 Å². The SMILES string of the molecule is COc1cc(C)c(-c2cc(N)on2)c(C)c1Br. The Labute approximate surface area is 108 Å². The number of aromatic nitrogens is 1. The van der Waals surface area contributed by atoms with E-state index in [1.54, 1.807) is 13.2 Å². The normalized spacial score (nSPS) is 10.6. The van der Waals surface area contributed by atoms with Gasteiger partial charge in [0.25, 0.3) is 0 Å². The Hall–Kier alpha value is -1.49. The van der Waals surface area contributed by atoms with E-state index in [0.29, 0.717) is 5.88 Å². The predicted molar refractivity (Wildman–Crippen MR) is 70.1 cm³/mol. The Morgan fingerprint density at radius 1 is 1.35 bits per heavy atom. The number of ether oxygens (including phenoxy) is 1. The second-order valence-electron chi connectivity index (χ2n) is 3.82. The third kappa shape index (κ3) is 2.02. The fourth-order valence-corrected chi connectivity index (χ4v) is 2.35. The molecule has 0 atom stereocenters. The van der Waals surface area contributed by atoms with Crippen molar-refractivity contribution in [2.75, 3.05) is 12.8 Å². The number of rotatable bonds is 2. The Balaban J connectivity index is 2.66. The van der Waals surface area contributed by atoms with Gasteiger partial charge in [0, 0.05) is 11.6 Å². The van der Waals surface area contributed by atoms with Gasteiger partial charge in [-0.1, -0.05) is 5.16 Å². The Bertz CT molecular complexity index is 564. The molecular formula is C12H13BrN2O2. The average Bonchev–Trinajstić information content (AvgIpc) is 2.70. The lowest BCUT2D eigenvalue weighted by atomic mass is 9.99. The van der Waals surface area contributed by atoms with Gasteiger partial charge in [-0.05, 0) is 47.0 Å². The number of halogens is 1. The van der Waals surface area contributed by atoms with E-state index < -0.39 is 0 Å². The minimum absolute atomic E-state index is 0.311. The number of nitrogens with two attached hydrogens (primary N) is 1. The molecule has 1 heterocycles. The third-order valence-corrected chi connectivity index (χ3v) is 3.65. The molecule has 4 nitrogen and oxygen atoms in total. The quantitative estimate of drug-likeness (QED) is 0.923. The van der Waals surface area contributed by atoms with Gasteiger partial charge in [0.05, 0.1) is 11.6 Å². The highest BCUT2D eigenvalue weighted by Crippen LogP contribution is 2.38. The van der Waals surface area contributed by atoms with Gasteiger partial charge in [-0.25, -0.2) is 0 Å². The molecule has 1 aromatic heterocycles. The summed E-state index contributed by atoms with van der Waals surface area (Å²) in [7, 11) is 1.65. The van der Waals surface area contributed by atoms with Gasteiger partial charge in [0.1, 0.15) is 11.4 Å². The Kier molecular flexibility index (Phi) is 3.11. The summed E-state index contributed by atoms with van der Waals surface area (Å²) in [6, 6.07) is 3.67. The molecule has 0 amide bonds. The van der Waals surface area contributed by atoms with Gasteiger partial charge in [-0.2, -0.15) is 0 Å². The molecule has 1 aromatic carbocycles. The molecule has 90 valence electrons. The van der Waals surface area contributed by atoms with Crippen LogP contribution in [-0.2, 0) is 0 Å². The second kappa shape index (κ2) is 4.41. The minimum atomic E-state index is 0.311. The topological polar surface area (TPSA) is 61.3 Å². The fourth-order valence-electron chi connectivity index (χ4n) is 1.87. The number of nitrogens with zero attached hydrogens (tertiary/aromatic N) is 1. The zero-order valence-corrected chi connectivity index (χ0v) is 11.5. The van der Waals surface area contributed by atoms with Crippen LogP contribution in [0, 0.1) is 13.8 Å². The van der Waals surface area contributed by atoms with Gasteiger partial charge in [-0.15, -0.1) is 0 Å². The monoisotopic (exact) mass is 296 g/mol. The molecule has 0 bridgehead atoms. The van der Waals surface area contributed by atoms with Crippen molar-refractivity contribution in [3.63, 3.8) is 0 Å². The largest absolute Gasteiger partial charge is 0.496 e. The fraction of sp³-hybridized carbons (Fsp3) is 0.250. The van der Waals surface area contributed by atoms with E-state index >= 15 is 0 Å². The van der Waals surface area contributed by atoms with Crippen LogP contribution in [0.4, 0.5) is 5.88 Å². The van der Waals surface area contributed by atoms with Crippen LogP contribution in [0.15, 0.2) is 21.1 Å². The predicted octanol–water partition coefficient (Wildman–Crippen LogP) is 3.31. The molecule has 0 saturated heterocycles. The van der Waals surface area contributed by atoms with Gasteiger partial charge in [0.15, 0.2) is 0 Å². The number of methoxy groups -OCH3 is 1. The van der Waals surface area contributed by atoms with Gasteiger partial charge in [0.2, 0.25) is 5.88 Å². The Morgan fingerprint density at radius 2 is 2.06 bits per heavy atom. The highest BCUT2D eigenvalue weighted by Gasteiger charge is 2.16. The molecule has 5 heteroatoms. The standard InChI is InChI=1S/C12H13BrN2O2/c1-6-4-9(16-3)12(13)7(2)11(6)8-5-10(14)17-15-8/h4-5H,14H2,1-3H3. The molecular weight excluding hydrogens is 284 g/mol. The molecule has 0 radical (unpaired) electrons. The molecule has 2 rings (SSSR count). The third-order valence-electron chi connectivity index (χ3n) is 2.67. The van der Waals surface area contributed by atoms with Crippen molar-refractivity contribution in [3.8, 4) is 17.0 Å². The number of benzene rings is 1. The summed E-state index contributed by atoms with van der Waals surface area (Å²) in [5, 5.41) is 3.94. The molecule has 0 fully saturated rings. The summed E-state index contributed by atoms with van der Waals surface area (Å²) in [5.41, 5.74) is 9.41. The van der Waals surface area contributed by atoms with E-state index in [0.717, 1.165) is 32.6 Å². The zero-order chi connectivity index (χ0) is 12.6. The molecule has 2 N–H and O–H groups in total. The highest BCUT2D eigenvalue weighted by atomic mass is 79.9. The summed E-state index contributed by atoms with van der Waals surface area (Å²) in [5.74, 6) is 1.12. The van der Waals surface area contributed by atoms with E-state index in [1.165, 1.54) is 0 Å². The van der Waals surface area contributed by atoms with Crippen LogP contribution >= 0.6 is 15.9 Å². The lowest BCUT2D eigenvalue weighted by molar-refractivity contribution is 0.411. The summed E-state index contributed by atoms with van der Waals surface area (Å²) in [4.78, 5) is 0. The Morgan fingerprint density at radius 3 is 2.59 bits per heavy atom. The van der Waals surface area contributed by atoms with Crippen molar-refractivity contribution in [1.29, 1.82) is 0 Å².